The van der Waals surface area contributed by atoms with E-state index in [2.05, 4.69) is 0 Å². The van der Waals surface area contributed by atoms with Crippen molar-refractivity contribution in [3.05, 3.63) is 93.0 Å². The van der Waals surface area contributed by atoms with E-state index < -0.39 is 30.4 Å². The van der Waals surface area contributed by atoms with Crippen molar-refractivity contribution in [1.29, 1.82) is 0 Å². The molecule has 1 aliphatic carbocycles. The van der Waals surface area contributed by atoms with Crippen molar-refractivity contribution in [2.24, 2.45) is 0 Å². The van der Waals surface area contributed by atoms with Crippen molar-refractivity contribution in [1.82, 2.24) is 0 Å². The Morgan fingerprint density at radius 1 is 0.324 bits per heavy atom. The standard InChI is InChI=1S/C44H60O20P4/c1-53-9-13-61-41-29-17-31-23-38(66(47,48)58-6)25-33(42(31)62-14-10-54-2)19-35-27-40(68(51,52)60-8)28-36(44(35)64-16-12-56-4)20-34-26-39(67(49,50)59-7)24-32(43(34)63-15-11-55-3)18-30(41)22-37(21-29)65(45,46)57-5/h21-28H,9-20H2,1-8H3,(H,45,46)(H,47,48)(H,49,50)(H,51,52). The first-order valence-corrected chi connectivity index (χ1v) is 27.3. The molecular formula is C44H60O20P4. The molecule has 20 nitrogen and oxygen atoms in total. The molecule has 376 valence electrons. The number of fused-ring (bicyclic) bond motifs is 8. The van der Waals surface area contributed by atoms with Gasteiger partial charge in [-0.1, -0.05) is 0 Å². The third-order valence-electron chi connectivity index (χ3n) is 10.9. The van der Waals surface area contributed by atoms with E-state index in [-0.39, 0.29) is 167 Å². The molecule has 4 N–H and O–H groups in total. The zero-order valence-electron chi connectivity index (χ0n) is 39.2. The van der Waals surface area contributed by atoms with Gasteiger partial charge >= 0.3 is 30.4 Å². The van der Waals surface area contributed by atoms with Gasteiger partial charge in [0, 0.05) is 82.6 Å². The second-order valence-electron chi connectivity index (χ2n) is 15.3. The lowest BCUT2D eigenvalue weighted by Crippen LogP contribution is -2.19. The van der Waals surface area contributed by atoms with E-state index in [1.165, 1.54) is 77.0 Å². The van der Waals surface area contributed by atoms with E-state index in [1.807, 2.05) is 0 Å². The normalized spacial score (nSPS) is 16.2. The summed E-state index contributed by atoms with van der Waals surface area (Å²) in [6, 6.07) is 11.4. The average Bonchev–Trinajstić information content (AvgIpc) is 3.31. The highest BCUT2D eigenvalue weighted by Gasteiger charge is 2.33. The molecule has 4 aromatic carbocycles. The van der Waals surface area contributed by atoms with Crippen LogP contribution in [0.4, 0.5) is 0 Å². The van der Waals surface area contributed by atoms with Crippen LogP contribution in [-0.2, 0) is 81.0 Å². The smallest absolute Gasteiger partial charge is 0.358 e. The van der Waals surface area contributed by atoms with Gasteiger partial charge in [0.1, 0.15) is 49.4 Å². The van der Waals surface area contributed by atoms with E-state index in [4.69, 9.17) is 56.0 Å². The third-order valence-corrected chi connectivity index (χ3v) is 16.5. The van der Waals surface area contributed by atoms with Crippen LogP contribution in [0, 0.1) is 0 Å². The summed E-state index contributed by atoms with van der Waals surface area (Å²) in [6.07, 6.45) is -0.739. The molecule has 0 amide bonds. The second kappa shape index (κ2) is 24.6. The van der Waals surface area contributed by atoms with E-state index in [9.17, 15) is 37.8 Å². The summed E-state index contributed by atoms with van der Waals surface area (Å²) >= 11 is 0. The van der Waals surface area contributed by atoms with Gasteiger partial charge in [0.25, 0.3) is 0 Å². The summed E-state index contributed by atoms with van der Waals surface area (Å²) in [6.45, 7) is 0.447. The molecule has 0 saturated carbocycles. The molecule has 4 aromatic rings. The van der Waals surface area contributed by atoms with Gasteiger partial charge in [-0.15, -0.1) is 0 Å². The zero-order chi connectivity index (χ0) is 49.9. The largest absolute Gasteiger partial charge is 0.491 e. The summed E-state index contributed by atoms with van der Waals surface area (Å²) in [4.78, 5) is 45.1. The van der Waals surface area contributed by atoms with Crippen LogP contribution < -0.4 is 40.2 Å². The first-order valence-electron chi connectivity index (χ1n) is 21.0. The molecule has 0 aromatic heterocycles. The van der Waals surface area contributed by atoms with Crippen molar-refractivity contribution in [3.63, 3.8) is 0 Å². The maximum Gasteiger partial charge on any atom is 0.358 e. The fourth-order valence-electron chi connectivity index (χ4n) is 7.54. The molecular weight excluding hydrogens is 972 g/mol. The Morgan fingerprint density at radius 3 is 0.618 bits per heavy atom. The lowest BCUT2D eigenvalue weighted by molar-refractivity contribution is 0.144. The average molecular weight is 1030 g/mol. The topological polar surface area (TPSA) is 260 Å². The molecule has 5 rings (SSSR count). The van der Waals surface area contributed by atoms with Crippen molar-refractivity contribution in [2.45, 2.75) is 25.7 Å². The van der Waals surface area contributed by atoms with E-state index in [0.717, 1.165) is 28.4 Å². The molecule has 0 spiro atoms. The summed E-state index contributed by atoms with van der Waals surface area (Å²) in [5.74, 6) is 0.827. The SMILES string of the molecule is COCCOc1c2cc(P(=O)(O)OC)cc1Cc1cc(P(=O)(O)OC)cc(c1OCCOC)Cc1cc(P(=O)(O)OC)cc(c1OCCOC)Cc1cc(P(=O)(O)OC)cc(c1OCCOC)C2. The van der Waals surface area contributed by atoms with Crippen molar-refractivity contribution >= 4 is 51.6 Å². The van der Waals surface area contributed by atoms with Crippen LogP contribution in [0.3, 0.4) is 0 Å². The maximum atomic E-state index is 13.8. The highest BCUT2D eigenvalue weighted by molar-refractivity contribution is 7.62. The van der Waals surface area contributed by atoms with Crippen molar-refractivity contribution < 1.29 is 93.8 Å². The highest BCUT2D eigenvalue weighted by Crippen LogP contribution is 2.48. The molecule has 68 heavy (non-hydrogen) atoms. The third kappa shape index (κ3) is 13.5. The summed E-state index contributed by atoms with van der Waals surface area (Å²) in [5, 5.41) is -0.600. The van der Waals surface area contributed by atoms with Crippen LogP contribution in [0.2, 0.25) is 0 Å². The Morgan fingerprint density at radius 2 is 0.485 bits per heavy atom. The lowest BCUT2D eigenvalue weighted by Gasteiger charge is -2.25. The Labute approximate surface area is 395 Å². The lowest BCUT2D eigenvalue weighted by atomic mass is 9.91. The summed E-state index contributed by atoms with van der Waals surface area (Å²) in [7, 11) is -7.93. The molecule has 8 bridgehead atoms. The molecule has 1 aliphatic rings. The van der Waals surface area contributed by atoms with Crippen molar-refractivity contribution in [2.75, 3.05) is 110 Å². The molecule has 0 aliphatic heterocycles. The Kier molecular flexibility index (Phi) is 20.0. The molecule has 0 heterocycles. The second-order valence-corrected chi connectivity index (χ2v) is 22.9. The number of ether oxygens (including phenoxy) is 8. The summed E-state index contributed by atoms with van der Waals surface area (Å²) in [5.41, 5.74) is 2.29. The molecule has 0 fully saturated rings. The molecule has 24 heteroatoms. The van der Waals surface area contributed by atoms with Gasteiger partial charge in [-0.05, 0) is 93.0 Å². The van der Waals surface area contributed by atoms with Gasteiger partial charge in [0.2, 0.25) is 0 Å². The number of methoxy groups -OCH3 is 4. The van der Waals surface area contributed by atoms with Crippen LogP contribution in [0.5, 0.6) is 23.0 Å². The van der Waals surface area contributed by atoms with E-state index >= 15 is 0 Å². The molecule has 0 radical (unpaired) electrons. The van der Waals surface area contributed by atoms with Crippen molar-refractivity contribution in [3.8, 4) is 23.0 Å². The van der Waals surface area contributed by atoms with Gasteiger partial charge in [-0.25, -0.2) is 0 Å². The Bertz CT molecular complexity index is 2140. The van der Waals surface area contributed by atoms with Gasteiger partial charge in [-0.3, -0.25) is 18.3 Å². The Hall–Kier alpha value is -3.48. The van der Waals surface area contributed by atoms with Crippen LogP contribution in [0.1, 0.15) is 44.5 Å². The number of hydrogen-bond donors (Lipinski definition) is 4. The predicted molar refractivity (Wildman–Crippen MR) is 252 cm³/mol. The maximum absolute atomic E-state index is 13.8. The van der Waals surface area contributed by atoms with Crippen LogP contribution in [0.25, 0.3) is 0 Å². The monoisotopic (exact) mass is 1030 g/mol. The first-order chi connectivity index (χ1) is 32.3. The molecule has 4 atom stereocenters. The van der Waals surface area contributed by atoms with E-state index in [1.54, 1.807) is 0 Å². The van der Waals surface area contributed by atoms with Crippen LogP contribution >= 0.6 is 30.4 Å². The van der Waals surface area contributed by atoms with Gasteiger partial charge in [0.15, 0.2) is 0 Å². The summed E-state index contributed by atoms with van der Waals surface area (Å²) < 4.78 is 123. The minimum atomic E-state index is -4.55. The fraction of sp³-hybridized carbons (Fsp3) is 0.455. The highest BCUT2D eigenvalue weighted by atomic mass is 31.2. The predicted octanol–water partition coefficient (Wildman–Crippen LogP) is 4.29. The first kappa shape index (κ1) is 55.4. The van der Waals surface area contributed by atoms with Gasteiger partial charge < -0.3 is 75.6 Å². The minimum absolute atomic E-state index is 0.00801. The van der Waals surface area contributed by atoms with Gasteiger partial charge in [0.05, 0.1) is 47.6 Å². The quantitative estimate of drug-likeness (QED) is 0.0496. The van der Waals surface area contributed by atoms with Crippen LogP contribution in [0.15, 0.2) is 48.5 Å². The van der Waals surface area contributed by atoms with E-state index in [0.29, 0.717) is 0 Å². The molecule has 0 saturated heterocycles. The Balaban J connectivity index is 2.07. The number of benzene rings is 4. The zero-order valence-corrected chi connectivity index (χ0v) is 42.8. The fourth-order valence-corrected chi connectivity index (χ4v) is 10.9. The van der Waals surface area contributed by atoms with Gasteiger partial charge in [-0.2, -0.15) is 0 Å². The number of rotatable bonds is 24. The van der Waals surface area contributed by atoms with Crippen LogP contribution in [-0.4, -0.2) is 129 Å². The molecule has 4 unspecified atom stereocenters. The number of hydrogen-bond acceptors (Lipinski definition) is 16. The minimum Gasteiger partial charge on any atom is -0.491 e.